The summed E-state index contributed by atoms with van der Waals surface area (Å²) in [6.45, 7) is 6.49. The van der Waals surface area contributed by atoms with Gasteiger partial charge in [0.05, 0.1) is 0 Å². The van der Waals surface area contributed by atoms with Gasteiger partial charge in [0, 0.05) is 19.3 Å². The van der Waals surface area contributed by atoms with E-state index in [0.29, 0.717) is 19.3 Å². The molecule has 0 aromatic rings. The summed E-state index contributed by atoms with van der Waals surface area (Å²) in [6, 6.07) is 0. The Hall–Kier alpha value is -2.89. The summed E-state index contributed by atoms with van der Waals surface area (Å²) in [5.74, 6) is -0.881. The average Bonchev–Trinajstić information content (AvgIpc) is 3.30. The second-order valence-corrected chi connectivity index (χ2v) is 18.5. The Morgan fingerprint density at radius 3 is 1.00 bits per heavy atom. The molecule has 6 heteroatoms. The summed E-state index contributed by atoms with van der Waals surface area (Å²) in [6.07, 6.45) is 66.4. The van der Waals surface area contributed by atoms with E-state index < -0.39 is 6.10 Å². The zero-order valence-corrected chi connectivity index (χ0v) is 43.0. The first-order chi connectivity index (χ1) is 32.0. The van der Waals surface area contributed by atoms with E-state index in [2.05, 4.69) is 81.5 Å². The number of ether oxygens (including phenoxy) is 3. The highest BCUT2D eigenvalue weighted by Crippen LogP contribution is 2.16. The van der Waals surface area contributed by atoms with Crippen molar-refractivity contribution in [3.05, 3.63) is 60.8 Å². The van der Waals surface area contributed by atoms with Crippen LogP contribution in [0.3, 0.4) is 0 Å². The van der Waals surface area contributed by atoms with Gasteiger partial charge in [-0.3, -0.25) is 14.4 Å². The van der Waals surface area contributed by atoms with Crippen LogP contribution in [0.15, 0.2) is 60.8 Å². The monoisotopic (exact) mass is 909 g/mol. The maximum Gasteiger partial charge on any atom is 0.306 e. The molecule has 0 aromatic carbocycles. The molecule has 65 heavy (non-hydrogen) atoms. The molecule has 0 saturated heterocycles. The third kappa shape index (κ3) is 51.9. The van der Waals surface area contributed by atoms with E-state index in [1.54, 1.807) is 0 Å². The Bertz CT molecular complexity index is 1180. The Balaban J connectivity index is 4.26. The highest BCUT2D eigenvalue weighted by Gasteiger charge is 2.19. The molecule has 0 amide bonds. The molecule has 0 aliphatic rings. The van der Waals surface area contributed by atoms with Crippen molar-refractivity contribution in [1.29, 1.82) is 0 Å². The van der Waals surface area contributed by atoms with E-state index in [1.165, 1.54) is 148 Å². The van der Waals surface area contributed by atoms with E-state index in [1.807, 2.05) is 0 Å². The van der Waals surface area contributed by atoms with Gasteiger partial charge in [-0.2, -0.15) is 0 Å². The Kier molecular flexibility index (Phi) is 51.3. The first-order valence-electron chi connectivity index (χ1n) is 27.8. The first kappa shape index (κ1) is 62.1. The number of hydrogen-bond donors (Lipinski definition) is 0. The maximum atomic E-state index is 12.8. The molecular formula is C59H104O6. The minimum Gasteiger partial charge on any atom is -0.462 e. The van der Waals surface area contributed by atoms with Crippen LogP contribution in [0.5, 0.6) is 0 Å². The fourth-order valence-electron chi connectivity index (χ4n) is 7.83. The molecule has 376 valence electrons. The lowest BCUT2D eigenvalue weighted by Crippen LogP contribution is -2.30. The van der Waals surface area contributed by atoms with Crippen LogP contribution in [0.25, 0.3) is 0 Å². The van der Waals surface area contributed by atoms with Crippen molar-refractivity contribution in [3.8, 4) is 0 Å². The van der Waals surface area contributed by atoms with Crippen molar-refractivity contribution in [2.45, 2.75) is 284 Å². The quantitative estimate of drug-likeness (QED) is 0.0262. The maximum absolute atomic E-state index is 12.8. The van der Waals surface area contributed by atoms with Crippen molar-refractivity contribution >= 4 is 17.9 Å². The summed E-state index contributed by atoms with van der Waals surface area (Å²) in [4.78, 5) is 38.0. The highest BCUT2D eigenvalue weighted by atomic mass is 16.6. The SMILES string of the molecule is CC/C=C\C/C=C\C/C=C\C/C=C\CCCCCCCCCCCCC(=O)OCC(COC(=O)CCCCCCC/C=C\CCCC)OC(=O)CCCCCCCCCCCCCCC. The van der Waals surface area contributed by atoms with Crippen molar-refractivity contribution in [1.82, 2.24) is 0 Å². The van der Waals surface area contributed by atoms with E-state index in [-0.39, 0.29) is 31.1 Å². The molecule has 6 nitrogen and oxygen atoms in total. The molecule has 0 aliphatic heterocycles. The van der Waals surface area contributed by atoms with Gasteiger partial charge in [0.1, 0.15) is 13.2 Å². The van der Waals surface area contributed by atoms with Crippen LogP contribution in [-0.2, 0) is 28.6 Å². The fourth-order valence-corrected chi connectivity index (χ4v) is 7.83. The van der Waals surface area contributed by atoms with Crippen LogP contribution in [0.1, 0.15) is 278 Å². The van der Waals surface area contributed by atoms with Gasteiger partial charge in [0.2, 0.25) is 0 Å². The topological polar surface area (TPSA) is 78.9 Å². The van der Waals surface area contributed by atoms with Crippen LogP contribution in [0, 0.1) is 0 Å². The summed E-state index contributed by atoms with van der Waals surface area (Å²) in [5, 5.41) is 0. The molecule has 0 rings (SSSR count). The molecule has 0 aromatic heterocycles. The lowest BCUT2D eigenvalue weighted by atomic mass is 10.0. The minimum atomic E-state index is -0.775. The van der Waals surface area contributed by atoms with E-state index in [4.69, 9.17) is 14.2 Å². The molecule has 1 atom stereocenters. The summed E-state index contributed by atoms with van der Waals surface area (Å²) in [7, 11) is 0. The van der Waals surface area contributed by atoms with Gasteiger partial charge in [0.15, 0.2) is 6.10 Å². The van der Waals surface area contributed by atoms with Crippen molar-refractivity contribution in [2.24, 2.45) is 0 Å². The molecule has 0 spiro atoms. The van der Waals surface area contributed by atoms with Gasteiger partial charge in [0.25, 0.3) is 0 Å². The Morgan fingerprint density at radius 2 is 0.615 bits per heavy atom. The predicted octanol–water partition coefficient (Wildman–Crippen LogP) is 18.4. The second kappa shape index (κ2) is 53.7. The number of esters is 3. The highest BCUT2D eigenvalue weighted by molar-refractivity contribution is 5.71. The van der Waals surface area contributed by atoms with E-state index in [0.717, 1.165) is 89.9 Å². The molecule has 0 aliphatic carbocycles. The molecule has 0 N–H and O–H groups in total. The molecule has 0 heterocycles. The zero-order valence-electron chi connectivity index (χ0n) is 43.0. The second-order valence-electron chi connectivity index (χ2n) is 18.5. The van der Waals surface area contributed by atoms with Gasteiger partial charge >= 0.3 is 17.9 Å². The average molecular weight is 909 g/mol. The minimum absolute atomic E-state index is 0.0766. The van der Waals surface area contributed by atoms with Gasteiger partial charge in [-0.05, 0) is 77.0 Å². The third-order valence-corrected chi connectivity index (χ3v) is 12.0. The zero-order chi connectivity index (χ0) is 47.2. The number of carbonyl (C=O) groups excluding carboxylic acids is 3. The van der Waals surface area contributed by atoms with Crippen molar-refractivity contribution in [2.75, 3.05) is 13.2 Å². The summed E-state index contributed by atoms with van der Waals surface area (Å²) in [5.41, 5.74) is 0. The molecule has 0 fully saturated rings. The first-order valence-corrected chi connectivity index (χ1v) is 27.8. The van der Waals surface area contributed by atoms with Crippen LogP contribution in [0.4, 0.5) is 0 Å². The van der Waals surface area contributed by atoms with Gasteiger partial charge < -0.3 is 14.2 Å². The predicted molar refractivity (Wildman–Crippen MR) is 279 cm³/mol. The smallest absolute Gasteiger partial charge is 0.306 e. The number of carbonyl (C=O) groups is 3. The van der Waals surface area contributed by atoms with Gasteiger partial charge in [-0.15, -0.1) is 0 Å². The summed E-state index contributed by atoms with van der Waals surface area (Å²) < 4.78 is 16.8. The lowest BCUT2D eigenvalue weighted by molar-refractivity contribution is -0.167. The van der Waals surface area contributed by atoms with Crippen LogP contribution in [0.2, 0.25) is 0 Å². The molecular weight excluding hydrogens is 805 g/mol. The van der Waals surface area contributed by atoms with Gasteiger partial charge in [-0.25, -0.2) is 0 Å². The Labute approximate surface area is 402 Å². The standard InChI is InChI=1S/C59H104O6/c1-4-7-10-13-16-19-22-24-25-26-27-28-29-30-31-32-33-35-37-40-43-46-49-52-58(61)64-55-56(54-63-57(60)51-48-45-42-39-36-21-18-15-12-9-6-3)65-59(62)53-50-47-44-41-38-34-23-20-17-14-11-8-5-2/h7,10,15-16,18-19,24-25,27-28,56H,4-6,8-9,11-14,17,20-23,26,29-55H2,1-3H3/b10-7-,18-15-,19-16-,25-24-,28-27-. The van der Waals surface area contributed by atoms with Crippen molar-refractivity contribution in [3.63, 3.8) is 0 Å². The number of allylic oxidation sites excluding steroid dienone is 10. The Morgan fingerprint density at radius 1 is 0.323 bits per heavy atom. The molecule has 1 unspecified atom stereocenters. The largest absolute Gasteiger partial charge is 0.462 e. The lowest BCUT2D eigenvalue weighted by Gasteiger charge is -2.18. The molecule has 0 radical (unpaired) electrons. The van der Waals surface area contributed by atoms with Crippen LogP contribution >= 0.6 is 0 Å². The third-order valence-electron chi connectivity index (χ3n) is 12.0. The summed E-state index contributed by atoms with van der Waals surface area (Å²) >= 11 is 0. The normalized spacial score (nSPS) is 12.5. The number of hydrogen-bond acceptors (Lipinski definition) is 6. The molecule has 0 saturated carbocycles. The number of rotatable bonds is 50. The van der Waals surface area contributed by atoms with Crippen molar-refractivity contribution < 1.29 is 28.6 Å². The fraction of sp³-hybridized carbons (Fsp3) is 0.780. The molecule has 0 bridgehead atoms. The van der Waals surface area contributed by atoms with E-state index in [9.17, 15) is 14.4 Å². The van der Waals surface area contributed by atoms with E-state index >= 15 is 0 Å². The van der Waals surface area contributed by atoms with Crippen LogP contribution < -0.4 is 0 Å². The van der Waals surface area contributed by atoms with Crippen LogP contribution in [-0.4, -0.2) is 37.2 Å². The van der Waals surface area contributed by atoms with Gasteiger partial charge in [-0.1, -0.05) is 242 Å². The number of unbranched alkanes of at least 4 members (excludes halogenated alkanes) is 29.